The Morgan fingerprint density at radius 1 is 1.73 bits per heavy atom. The Kier molecular flexibility index (Phi) is 3.35. The number of rotatable bonds is 2. The van der Waals surface area contributed by atoms with Gasteiger partial charge in [-0.3, -0.25) is 4.79 Å². The zero-order chi connectivity index (χ0) is 8.85. The summed E-state index contributed by atoms with van der Waals surface area (Å²) in [5.41, 5.74) is 8.53. The largest absolute Gasteiger partial charge is 0.364 e. The van der Waals surface area contributed by atoms with Gasteiger partial charge in [-0.25, -0.2) is 10.6 Å². The van der Waals surface area contributed by atoms with Crippen LogP contribution in [0, 0.1) is 4.91 Å². The van der Waals surface area contributed by atoms with Gasteiger partial charge in [0.2, 0.25) is 5.91 Å². The Balaban J connectivity index is 3.81. The van der Waals surface area contributed by atoms with Gasteiger partial charge in [-0.05, 0) is 5.43 Å². The van der Waals surface area contributed by atoms with Crippen molar-refractivity contribution in [2.75, 3.05) is 0 Å². The Hall–Kier alpha value is -1.86. The monoisotopic (exact) mass is 162 g/mol. The molecule has 8 heteroatoms. The lowest BCUT2D eigenvalue weighted by Crippen LogP contribution is -2.39. The third kappa shape index (κ3) is 6.02. The summed E-state index contributed by atoms with van der Waals surface area (Å²) < 4.78 is 0. The molecule has 0 unspecified atom stereocenters. The Morgan fingerprint density at radius 2 is 2.27 bits per heavy atom. The molecule has 8 nitrogen and oxygen atoms in total. The molecule has 0 aromatic rings. The molecule has 5 N–H and O–H groups in total. The van der Waals surface area contributed by atoms with E-state index in [2.05, 4.69) is 5.10 Å². The molecule has 0 spiro atoms. The van der Waals surface area contributed by atoms with Crippen molar-refractivity contribution in [1.82, 2.24) is 10.9 Å². The molecule has 0 aromatic heterocycles. The van der Waals surface area contributed by atoms with Crippen molar-refractivity contribution in [3.05, 3.63) is 4.91 Å². The molecule has 0 aliphatic carbocycles. The number of hydrazone groups is 1. The molecule has 0 heterocycles. The van der Waals surface area contributed by atoms with E-state index in [1.165, 1.54) is 6.92 Å². The van der Waals surface area contributed by atoms with Crippen molar-refractivity contribution in [2.24, 2.45) is 10.8 Å². The second-order valence-corrected chi connectivity index (χ2v) is 1.55. The highest BCUT2D eigenvalue weighted by atomic mass is 16.7. The van der Waals surface area contributed by atoms with Gasteiger partial charge in [0.15, 0.2) is 0 Å². The van der Waals surface area contributed by atoms with Crippen LogP contribution >= 0.6 is 0 Å². The van der Waals surface area contributed by atoms with Gasteiger partial charge in [0, 0.05) is 6.92 Å². The number of hydrazine groups is 1. The van der Waals surface area contributed by atoms with E-state index in [-0.39, 0.29) is 0 Å². The number of nitrogens with zero attached hydrogens (tertiary/aromatic N) is 2. The first kappa shape index (κ1) is 9.14. The minimum atomic E-state index is -0.638. The van der Waals surface area contributed by atoms with Crippen LogP contribution in [0.4, 0.5) is 0 Å². The average Bonchev–Trinajstić information content (AvgIpc) is 1.82. The smallest absolute Gasteiger partial charge is 0.362 e. The van der Waals surface area contributed by atoms with Gasteiger partial charge in [0.05, 0.1) is 0 Å². The van der Waals surface area contributed by atoms with Crippen LogP contribution in [0.1, 0.15) is 6.92 Å². The van der Waals surface area contributed by atoms with Gasteiger partial charge in [-0.1, -0.05) is 0 Å². The lowest BCUT2D eigenvalue weighted by Gasteiger charge is -1.92. The number of guanidine groups is 1. The van der Waals surface area contributed by atoms with Crippen molar-refractivity contribution in [1.29, 1.82) is 0 Å². The van der Waals surface area contributed by atoms with Crippen molar-refractivity contribution in [2.45, 2.75) is 6.92 Å². The molecule has 1 amide bonds. The number of nitrogens with two attached hydrogens (primary N) is 1. The molecule has 0 aromatic carbocycles. The van der Waals surface area contributed by atoms with Crippen molar-refractivity contribution in [3.63, 3.8) is 0 Å². The van der Waals surface area contributed by atoms with E-state index in [9.17, 15) is 9.70 Å². The topological polar surface area (TPSA) is 120 Å². The van der Waals surface area contributed by atoms with Crippen LogP contribution in [0.5, 0.6) is 0 Å². The maximum absolute atomic E-state index is 10.2. The number of nitrogens with one attached hydrogen (secondary N) is 2. The molecule has 0 fully saturated rings. The van der Waals surface area contributed by atoms with Crippen molar-refractivity contribution < 1.29 is 15.0 Å². The highest BCUT2D eigenvalue weighted by molar-refractivity contribution is 5.79. The highest BCUT2D eigenvalue weighted by Gasteiger charge is 2.03. The third-order valence-corrected chi connectivity index (χ3v) is 0.544. The second-order valence-electron chi connectivity index (χ2n) is 1.55. The Bertz CT molecular complexity index is 199. The fourth-order valence-electron chi connectivity index (χ4n) is 0.262. The standard InChI is InChI=1S/C3H7N5O3/c1-2(9)5-6-3(4)7-8(10)11/h1H3,(H4-,4,5,6,7,9,10,11)/p+1. The minimum absolute atomic E-state index is 0.419. The second kappa shape index (κ2) is 4.04. The molecule has 0 atom stereocenters. The Morgan fingerprint density at radius 3 is 2.64 bits per heavy atom. The molecular weight excluding hydrogens is 154 g/mol. The van der Waals surface area contributed by atoms with E-state index in [1.54, 1.807) is 5.43 Å². The number of amides is 1. The molecule has 0 saturated heterocycles. The lowest BCUT2D eigenvalue weighted by molar-refractivity contribution is -0.822. The van der Waals surface area contributed by atoms with E-state index in [1.807, 2.05) is 5.43 Å². The Labute approximate surface area is 61.6 Å². The predicted molar refractivity (Wildman–Crippen MR) is 34.0 cm³/mol. The van der Waals surface area contributed by atoms with Crippen LogP contribution in [0.3, 0.4) is 0 Å². The maximum atomic E-state index is 10.2. The van der Waals surface area contributed by atoms with Crippen molar-refractivity contribution >= 4 is 11.9 Å². The van der Waals surface area contributed by atoms with Crippen molar-refractivity contribution in [3.8, 4) is 0 Å². The summed E-state index contributed by atoms with van der Waals surface area (Å²) in [5.74, 6) is -0.858. The van der Waals surface area contributed by atoms with Gasteiger partial charge in [-0.15, -0.1) is 5.10 Å². The molecule has 0 radical (unpaired) electrons. The summed E-state index contributed by atoms with van der Waals surface area (Å²) in [4.78, 5) is 20.0. The fourth-order valence-corrected chi connectivity index (χ4v) is 0.262. The summed E-state index contributed by atoms with van der Waals surface area (Å²) >= 11 is 0. The van der Waals surface area contributed by atoms with Gasteiger partial charge in [0.25, 0.3) is 5.96 Å². The quantitative estimate of drug-likeness (QED) is 0.213. The van der Waals surface area contributed by atoms with Gasteiger partial charge >= 0.3 is 5.03 Å². The van der Waals surface area contributed by atoms with E-state index >= 15 is 0 Å². The summed E-state index contributed by atoms with van der Waals surface area (Å²) in [7, 11) is 0. The predicted octanol–water partition coefficient (Wildman–Crippen LogP) is -1.98. The van der Waals surface area contributed by atoms with Crippen LogP contribution in [-0.4, -0.2) is 22.1 Å². The summed E-state index contributed by atoms with van der Waals surface area (Å²) in [5, 5.41) is 10.5. The molecule has 0 aliphatic rings. The summed E-state index contributed by atoms with van der Waals surface area (Å²) in [6, 6.07) is 0. The molecule has 62 valence electrons. The molecular formula is C3H8N5O3+. The first-order valence-electron chi connectivity index (χ1n) is 2.55. The summed E-state index contributed by atoms with van der Waals surface area (Å²) in [6.45, 7) is 1.21. The van der Waals surface area contributed by atoms with Crippen LogP contribution in [-0.2, 0) is 4.79 Å². The fraction of sp³-hybridized carbons (Fsp3) is 0.333. The molecule has 0 saturated carbocycles. The zero-order valence-corrected chi connectivity index (χ0v) is 5.74. The van der Waals surface area contributed by atoms with Crippen LogP contribution in [0.25, 0.3) is 0 Å². The molecule has 11 heavy (non-hydrogen) atoms. The molecule has 0 rings (SSSR count). The van der Waals surface area contributed by atoms with E-state index in [0.717, 1.165) is 0 Å². The lowest BCUT2D eigenvalue weighted by atomic mass is 10.8. The maximum Gasteiger partial charge on any atom is 0.362 e. The number of hydrogen-bond donors (Lipinski definition) is 4. The first-order chi connectivity index (χ1) is 5.02. The van der Waals surface area contributed by atoms with Gasteiger partial charge in [-0.2, -0.15) is 0 Å². The third-order valence-electron chi connectivity index (χ3n) is 0.544. The number of carbonyl (C=O) groups is 1. The van der Waals surface area contributed by atoms with Crippen LogP contribution < -0.4 is 16.6 Å². The first-order valence-corrected chi connectivity index (χ1v) is 2.55. The normalized spacial score (nSPS) is 10.5. The van der Waals surface area contributed by atoms with Crippen LogP contribution in [0.2, 0.25) is 0 Å². The average molecular weight is 162 g/mol. The van der Waals surface area contributed by atoms with Gasteiger partial charge < -0.3 is 5.73 Å². The summed E-state index contributed by atoms with van der Waals surface area (Å²) in [6.07, 6.45) is 0. The van der Waals surface area contributed by atoms with E-state index in [4.69, 9.17) is 10.9 Å². The SMILES string of the molecule is CC(=O)N/N=C(\N)N[N+](=O)O. The minimum Gasteiger partial charge on any atom is -0.364 e. The van der Waals surface area contributed by atoms with Crippen LogP contribution in [0.15, 0.2) is 5.10 Å². The van der Waals surface area contributed by atoms with E-state index in [0.29, 0.717) is 0 Å². The molecule has 0 aliphatic heterocycles. The highest BCUT2D eigenvalue weighted by Crippen LogP contribution is 1.62. The number of carbonyl (C=O) groups excluding carboxylic acids is 1. The number of hydrogen-bond acceptors (Lipinski definition) is 3. The molecule has 0 bridgehead atoms. The zero-order valence-electron chi connectivity index (χ0n) is 5.74. The van der Waals surface area contributed by atoms with Gasteiger partial charge in [0.1, 0.15) is 4.91 Å². The van der Waals surface area contributed by atoms with E-state index < -0.39 is 16.9 Å².